The molecule has 2 aromatic rings. The molecule has 1 aliphatic rings. The minimum atomic E-state index is -0.834. The van der Waals surface area contributed by atoms with Crippen molar-refractivity contribution >= 4 is 11.9 Å². The highest BCUT2D eigenvalue weighted by Crippen LogP contribution is 2.23. The predicted octanol–water partition coefficient (Wildman–Crippen LogP) is 0.690. The molecule has 132 valence electrons. The Morgan fingerprint density at radius 3 is 3.08 bits per heavy atom. The number of carbonyl (C=O) groups is 2. The normalized spacial score (nSPS) is 17.2. The molecular weight excluding hydrogens is 327 g/mol. The molecule has 1 aromatic carbocycles. The topological polar surface area (TPSA) is 92.2 Å². The highest BCUT2D eigenvalue weighted by atomic mass is 19.1. The van der Waals surface area contributed by atoms with Crippen LogP contribution in [0.2, 0.25) is 0 Å². The van der Waals surface area contributed by atoms with Gasteiger partial charge in [-0.05, 0) is 24.1 Å². The summed E-state index contributed by atoms with van der Waals surface area (Å²) in [5.74, 6) is -0.751. The molecule has 3 rings (SSSR count). The number of nitrogens with one attached hydrogen (secondary N) is 2. The Kier molecular flexibility index (Phi) is 5.22. The first kappa shape index (κ1) is 16.9. The van der Waals surface area contributed by atoms with Crippen molar-refractivity contribution < 1.29 is 14.0 Å². The van der Waals surface area contributed by atoms with Crippen LogP contribution in [0, 0.1) is 5.82 Å². The van der Waals surface area contributed by atoms with Crippen LogP contribution in [0.3, 0.4) is 0 Å². The molecule has 2 heterocycles. The lowest BCUT2D eigenvalue weighted by molar-refractivity contribution is -0.127. The van der Waals surface area contributed by atoms with Gasteiger partial charge in [0.15, 0.2) is 0 Å². The molecule has 2 N–H and O–H groups in total. The molecule has 1 saturated heterocycles. The minimum Gasteiger partial charge on any atom is -0.352 e. The van der Waals surface area contributed by atoms with E-state index in [0.717, 1.165) is 0 Å². The summed E-state index contributed by atoms with van der Waals surface area (Å²) in [6.45, 7) is 1.81. The first-order valence-corrected chi connectivity index (χ1v) is 8.07. The van der Waals surface area contributed by atoms with E-state index in [1.165, 1.54) is 23.1 Å². The standard InChI is InChI=1S/C16H19FN6O2/c17-13-4-1-3-12(11-13)14-15(24)18-6-10-23(14)16(25)19-5-2-8-22-9-7-20-21-22/h1,3-4,7,9,11,14H,2,5-6,8,10H2,(H,18,24)(H,19,25)/t14-/m1/s1. The Hall–Kier alpha value is -2.97. The Morgan fingerprint density at radius 2 is 2.32 bits per heavy atom. The number of piperazine rings is 1. The molecule has 1 atom stereocenters. The van der Waals surface area contributed by atoms with Crippen LogP contribution in [0.4, 0.5) is 9.18 Å². The van der Waals surface area contributed by atoms with Gasteiger partial charge in [0.25, 0.3) is 0 Å². The summed E-state index contributed by atoms with van der Waals surface area (Å²) < 4.78 is 15.2. The summed E-state index contributed by atoms with van der Waals surface area (Å²) in [4.78, 5) is 26.1. The van der Waals surface area contributed by atoms with Gasteiger partial charge in [-0.1, -0.05) is 17.3 Å². The molecule has 0 saturated carbocycles. The second-order valence-electron chi connectivity index (χ2n) is 5.69. The fraction of sp³-hybridized carbons (Fsp3) is 0.375. The molecule has 0 unspecified atom stereocenters. The average Bonchev–Trinajstić information content (AvgIpc) is 3.11. The fourth-order valence-corrected chi connectivity index (χ4v) is 2.78. The molecule has 3 amide bonds. The van der Waals surface area contributed by atoms with Gasteiger partial charge >= 0.3 is 6.03 Å². The monoisotopic (exact) mass is 346 g/mol. The number of hydrogen-bond donors (Lipinski definition) is 2. The molecule has 0 aliphatic carbocycles. The number of hydrogen-bond acceptors (Lipinski definition) is 4. The van der Waals surface area contributed by atoms with E-state index in [1.807, 2.05) is 0 Å². The number of halogens is 1. The number of aromatic nitrogens is 3. The Morgan fingerprint density at radius 1 is 1.44 bits per heavy atom. The van der Waals surface area contributed by atoms with Gasteiger partial charge in [0, 0.05) is 32.4 Å². The second-order valence-corrected chi connectivity index (χ2v) is 5.69. The Bertz CT molecular complexity index is 736. The van der Waals surface area contributed by atoms with Crippen molar-refractivity contribution in [2.24, 2.45) is 0 Å². The van der Waals surface area contributed by atoms with Crippen LogP contribution in [0.1, 0.15) is 18.0 Å². The van der Waals surface area contributed by atoms with E-state index in [1.54, 1.807) is 23.1 Å². The quantitative estimate of drug-likeness (QED) is 0.779. The van der Waals surface area contributed by atoms with Gasteiger partial charge < -0.3 is 15.5 Å². The van der Waals surface area contributed by atoms with Gasteiger partial charge in [0.05, 0.1) is 6.20 Å². The first-order chi connectivity index (χ1) is 12.1. The zero-order valence-electron chi connectivity index (χ0n) is 13.6. The number of benzene rings is 1. The molecule has 9 heteroatoms. The summed E-state index contributed by atoms with van der Waals surface area (Å²) in [5.41, 5.74) is 0.454. The summed E-state index contributed by atoms with van der Waals surface area (Å²) in [6, 6.07) is 4.58. The number of nitrogens with zero attached hydrogens (tertiary/aromatic N) is 4. The molecule has 0 spiro atoms. The van der Waals surface area contributed by atoms with E-state index in [4.69, 9.17) is 0 Å². The Labute approximate surface area is 144 Å². The third-order valence-corrected chi connectivity index (χ3v) is 3.95. The average molecular weight is 346 g/mol. The van der Waals surface area contributed by atoms with E-state index in [9.17, 15) is 14.0 Å². The fourth-order valence-electron chi connectivity index (χ4n) is 2.78. The van der Waals surface area contributed by atoms with Crippen molar-refractivity contribution in [3.8, 4) is 0 Å². The second kappa shape index (κ2) is 7.73. The summed E-state index contributed by atoms with van der Waals surface area (Å²) in [6.07, 6.45) is 4.02. The molecule has 1 fully saturated rings. The first-order valence-electron chi connectivity index (χ1n) is 8.07. The van der Waals surface area contributed by atoms with Crippen molar-refractivity contribution in [3.63, 3.8) is 0 Å². The minimum absolute atomic E-state index is 0.311. The number of rotatable bonds is 5. The summed E-state index contributed by atoms with van der Waals surface area (Å²) in [5, 5.41) is 13.1. The van der Waals surface area contributed by atoms with E-state index < -0.39 is 11.9 Å². The van der Waals surface area contributed by atoms with E-state index >= 15 is 0 Å². The molecule has 0 radical (unpaired) electrons. The van der Waals surface area contributed by atoms with Gasteiger partial charge in [-0.3, -0.25) is 9.48 Å². The molecular formula is C16H19FN6O2. The largest absolute Gasteiger partial charge is 0.352 e. The Balaban J connectivity index is 1.61. The smallest absolute Gasteiger partial charge is 0.318 e. The summed E-state index contributed by atoms with van der Waals surface area (Å²) >= 11 is 0. The van der Waals surface area contributed by atoms with Crippen LogP contribution in [-0.4, -0.2) is 51.5 Å². The van der Waals surface area contributed by atoms with Gasteiger partial charge in [-0.2, -0.15) is 0 Å². The van der Waals surface area contributed by atoms with Crippen LogP contribution < -0.4 is 10.6 Å². The van der Waals surface area contributed by atoms with E-state index in [2.05, 4.69) is 20.9 Å². The predicted molar refractivity (Wildman–Crippen MR) is 86.9 cm³/mol. The lowest BCUT2D eigenvalue weighted by Crippen LogP contribution is -2.55. The molecule has 1 aromatic heterocycles. The lowest BCUT2D eigenvalue weighted by Gasteiger charge is -2.35. The third kappa shape index (κ3) is 4.11. The maximum absolute atomic E-state index is 13.5. The molecule has 8 nitrogen and oxygen atoms in total. The van der Waals surface area contributed by atoms with Crippen molar-refractivity contribution in [1.82, 2.24) is 30.5 Å². The van der Waals surface area contributed by atoms with E-state index in [0.29, 0.717) is 38.2 Å². The van der Waals surface area contributed by atoms with Crippen molar-refractivity contribution in [1.29, 1.82) is 0 Å². The maximum Gasteiger partial charge on any atom is 0.318 e. The number of aryl methyl sites for hydroxylation is 1. The number of carbonyl (C=O) groups excluding carboxylic acids is 2. The van der Waals surface area contributed by atoms with Crippen molar-refractivity contribution in [3.05, 3.63) is 48.0 Å². The maximum atomic E-state index is 13.5. The van der Waals surface area contributed by atoms with Crippen LogP contribution in [0.25, 0.3) is 0 Å². The van der Waals surface area contributed by atoms with Gasteiger partial charge in [0.1, 0.15) is 11.9 Å². The van der Waals surface area contributed by atoms with Crippen LogP contribution in [0.5, 0.6) is 0 Å². The number of urea groups is 1. The number of amides is 3. The van der Waals surface area contributed by atoms with Crippen LogP contribution in [0.15, 0.2) is 36.7 Å². The molecule has 25 heavy (non-hydrogen) atoms. The molecule has 0 bridgehead atoms. The van der Waals surface area contributed by atoms with Crippen molar-refractivity contribution in [2.75, 3.05) is 19.6 Å². The van der Waals surface area contributed by atoms with Gasteiger partial charge in [-0.25, -0.2) is 9.18 Å². The van der Waals surface area contributed by atoms with Gasteiger partial charge in [-0.15, -0.1) is 5.10 Å². The van der Waals surface area contributed by atoms with Crippen LogP contribution >= 0.6 is 0 Å². The SMILES string of the molecule is O=C1NCCN(C(=O)NCCCn2ccnn2)[C@@H]1c1cccc(F)c1. The van der Waals surface area contributed by atoms with Gasteiger partial charge in [0.2, 0.25) is 5.91 Å². The molecule has 1 aliphatic heterocycles. The van der Waals surface area contributed by atoms with Crippen molar-refractivity contribution in [2.45, 2.75) is 19.0 Å². The zero-order valence-corrected chi connectivity index (χ0v) is 13.6. The lowest BCUT2D eigenvalue weighted by atomic mass is 10.0. The summed E-state index contributed by atoms with van der Waals surface area (Å²) in [7, 11) is 0. The highest BCUT2D eigenvalue weighted by Gasteiger charge is 2.34. The highest BCUT2D eigenvalue weighted by molar-refractivity contribution is 5.89. The zero-order chi connectivity index (χ0) is 17.6. The third-order valence-electron chi connectivity index (χ3n) is 3.95. The van der Waals surface area contributed by atoms with Crippen LogP contribution in [-0.2, 0) is 11.3 Å². The van der Waals surface area contributed by atoms with E-state index in [-0.39, 0.29) is 11.9 Å².